The van der Waals surface area contributed by atoms with Crippen molar-refractivity contribution >= 4 is 11.9 Å². The van der Waals surface area contributed by atoms with E-state index in [1.54, 1.807) is 6.08 Å². The summed E-state index contributed by atoms with van der Waals surface area (Å²) in [4.78, 5) is 23.6. The summed E-state index contributed by atoms with van der Waals surface area (Å²) in [6, 6.07) is 15.7. The van der Waals surface area contributed by atoms with Gasteiger partial charge in [-0.05, 0) is 35.6 Å². The van der Waals surface area contributed by atoms with E-state index in [-0.39, 0.29) is 18.3 Å². The van der Waals surface area contributed by atoms with Gasteiger partial charge in [-0.1, -0.05) is 54.6 Å². The minimum absolute atomic E-state index is 0.00772. The number of Topliss-reactive ketones (excluding diaryl/α,β-unsaturated/α-hetero) is 1. The number of hydrogen-bond donors (Lipinski definition) is 1. The lowest BCUT2D eigenvalue weighted by Crippen LogP contribution is -2.40. The lowest BCUT2D eigenvalue weighted by Gasteiger charge is -2.17. The first kappa shape index (κ1) is 17.0. The molecule has 0 bridgehead atoms. The van der Waals surface area contributed by atoms with Crippen LogP contribution < -0.4 is 5.32 Å². The third-order valence-electron chi connectivity index (χ3n) is 4.53. The first-order chi connectivity index (χ1) is 12.1. The molecule has 3 rings (SSSR count). The molecule has 128 valence electrons. The van der Waals surface area contributed by atoms with Crippen molar-refractivity contribution in [1.29, 1.82) is 0 Å². The maximum Gasteiger partial charge on any atom is 0.407 e. The number of amides is 1. The second-order valence-corrected chi connectivity index (χ2v) is 6.16. The van der Waals surface area contributed by atoms with Crippen LogP contribution in [0.1, 0.15) is 30.4 Å². The van der Waals surface area contributed by atoms with Crippen LogP contribution in [0.15, 0.2) is 61.2 Å². The summed E-state index contributed by atoms with van der Waals surface area (Å²) in [5, 5.41) is 2.61. The van der Waals surface area contributed by atoms with Gasteiger partial charge in [-0.25, -0.2) is 4.79 Å². The summed E-state index contributed by atoms with van der Waals surface area (Å²) in [6.45, 7) is 5.28. The Bertz CT molecular complexity index is 767. The Kier molecular flexibility index (Phi) is 4.98. The van der Waals surface area contributed by atoms with Crippen LogP contribution in [0.2, 0.25) is 0 Å². The number of benzene rings is 2. The topological polar surface area (TPSA) is 55.4 Å². The smallest absolute Gasteiger partial charge is 0.407 e. The van der Waals surface area contributed by atoms with E-state index in [2.05, 4.69) is 36.2 Å². The molecule has 0 saturated carbocycles. The van der Waals surface area contributed by atoms with E-state index < -0.39 is 12.1 Å². The normalized spacial score (nSPS) is 13.5. The molecule has 4 nitrogen and oxygen atoms in total. The van der Waals surface area contributed by atoms with Crippen LogP contribution >= 0.6 is 0 Å². The highest BCUT2D eigenvalue weighted by Crippen LogP contribution is 2.44. The van der Waals surface area contributed by atoms with Crippen molar-refractivity contribution < 1.29 is 14.3 Å². The van der Waals surface area contributed by atoms with Gasteiger partial charge in [0.05, 0.1) is 6.04 Å². The molecule has 0 heterocycles. The molecule has 2 aromatic rings. The molecule has 0 spiro atoms. The van der Waals surface area contributed by atoms with Gasteiger partial charge in [0.1, 0.15) is 6.61 Å². The van der Waals surface area contributed by atoms with E-state index >= 15 is 0 Å². The summed E-state index contributed by atoms with van der Waals surface area (Å²) in [6.07, 6.45) is 1.42. The number of hydrogen-bond acceptors (Lipinski definition) is 3. The van der Waals surface area contributed by atoms with Crippen molar-refractivity contribution in [1.82, 2.24) is 5.32 Å². The highest BCUT2D eigenvalue weighted by Gasteiger charge is 2.29. The van der Waals surface area contributed by atoms with Gasteiger partial charge in [-0.15, -0.1) is 6.58 Å². The Morgan fingerprint density at radius 3 is 2.20 bits per heavy atom. The molecular formula is C21H21NO3. The van der Waals surface area contributed by atoms with Crippen LogP contribution in [0.25, 0.3) is 11.1 Å². The van der Waals surface area contributed by atoms with Crippen LogP contribution in [0.3, 0.4) is 0 Å². The number of fused-ring (bicyclic) bond motifs is 3. The number of ketones is 1. The minimum Gasteiger partial charge on any atom is -0.449 e. The van der Waals surface area contributed by atoms with Crippen LogP contribution in [-0.2, 0) is 9.53 Å². The molecule has 0 radical (unpaired) electrons. The number of rotatable bonds is 6. The Balaban J connectivity index is 1.72. The van der Waals surface area contributed by atoms with Gasteiger partial charge in [0.15, 0.2) is 5.78 Å². The van der Waals surface area contributed by atoms with Gasteiger partial charge < -0.3 is 10.1 Å². The standard InChI is InChI=1S/C21H21NO3/c1-3-8-20(14(2)23)22-21(24)25-13-19-17-11-6-4-9-15(17)16-10-5-7-12-18(16)19/h3-7,9-12,19-20H,1,8,13H2,2H3,(H,22,24)/t20-/m0/s1. The summed E-state index contributed by atoms with van der Waals surface area (Å²) >= 11 is 0. The fourth-order valence-electron chi connectivity index (χ4n) is 3.28. The molecule has 1 N–H and O–H groups in total. The predicted octanol–water partition coefficient (Wildman–Crippen LogP) is 4.06. The highest BCUT2D eigenvalue weighted by molar-refractivity contribution is 5.85. The van der Waals surface area contributed by atoms with Crippen LogP contribution in [-0.4, -0.2) is 24.5 Å². The first-order valence-electron chi connectivity index (χ1n) is 8.34. The number of nitrogens with one attached hydrogen (secondary N) is 1. The monoisotopic (exact) mass is 335 g/mol. The fraction of sp³-hybridized carbons (Fsp3) is 0.238. The Morgan fingerprint density at radius 2 is 1.68 bits per heavy atom. The zero-order valence-corrected chi connectivity index (χ0v) is 14.2. The SMILES string of the molecule is C=CC[C@H](NC(=O)OCC1c2ccccc2-c2ccccc21)C(C)=O. The molecule has 1 aliphatic carbocycles. The maximum absolute atomic E-state index is 12.1. The van der Waals surface area contributed by atoms with E-state index in [1.807, 2.05) is 24.3 Å². The zero-order chi connectivity index (χ0) is 17.8. The molecule has 0 aliphatic heterocycles. The van der Waals surface area contributed by atoms with Gasteiger partial charge in [0.25, 0.3) is 0 Å². The van der Waals surface area contributed by atoms with Crippen LogP contribution in [0.4, 0.5) is 4.79 Å². The number of carbonyl (C=O) groups excluding carboxylic acids is 2. The van der Waals surface area contributed by atoms with E-state index in [1.165, 1.54) is 18.1 Å². The van der Waals surface area contributed by atoms with E-state index in [4.69, 9.17) is 4.74 Å². The third-order valence-corrected chi connectivity index (χ3v) is 4.53. The highest BCUT2D eigenvalue weighted by atomic mass is 16.5. The summed E-state index contributed by atoms with van der Waals surface area (Å²) in [7, 11) is 0. The minimum atomic E-state index is -0.590. The predicted molar refractivity (Wildman–Crippen MR) is 97.5 cm³/mol. The molecule has 0 aromatic heterocycles. The molecule has 0 fully saturated rings. The van der Waals surface area contributed by atoms with E-state index in [0.29, 0.717) is 6.42 Å². The van der Waals surface area contributed by atoms with Crippen molar-refractivity contribution in [2.75, 3.05) is 6.61 Å². The molecular weight excluding hydrogens is 314 g/mol. The quantitative estimate of drug-likeness (QED) is 0.810. The van der Waals surface area contributed by atoms with Crippen molar-refractivity contribution in [3.8, 4) is 11.1 Å². The van der Waals surface area contributed by atoms with Gasteiger partial charge >= 0.3 is 6.09 Å². The molecule has 25 heavy (non-hydrogen) atoms. The fourth-order valence-corrected chi connectivity index (χ4v) is 3.28. The second kappa shape index (κ2) is 7.34. The average Bonchev–Trinajstić information content (AvgIpc) is 2.93. The number of carbonyl (C=O) groups is 2. The summed E-state index contributed by atoms with van der Waals surface area (Å²) in [5.41, 5.74) is 4.68. The second-order valence-electron chi connectivity index (χ2n) is 6.16. The van der Waals surface area contributed by atoms with E-state index in [0.717, 1.165) is 11.1 Å². The molecule has 1 atom stereocenters. The molecule has 2 aromatic carbocycles. The molecule has 0 unspecified atom stereocenters. The average molecular weight is 335 g/mol. The lowest BCUT2D eigenvalue weighted by atomic mass is 9.98. The first-order valence-corrected chi connectivity index (χ1v) is 8.34. The molecule has 1 amide bonds. The Morgan fingerprint density at radius 1 is 1.12 bits per heavy atom. The van der Waals surface area contributed by atoms with E-state index in [9.17, 15) is 9.59 Å². The Labute approximate surface area is 147 Å². The van der Waals surface area contributed by atoms with Gasteiger partial charge in [0, 0.05) is 5.92 Å². The van der Waals surface area contributed by atoms with Gasteiger partial charge in [-0.2, -0.15) is 0 Å². The number of alkyl carbamates (subject to hydrolysis) is 1. The summed E-state index contributed by atoms with van der Waals surface area (Å²) in [5.74, 6) is -0.109. The maximum atomic E-state index is 12.1. The van der Waals surface area contributed by atoms with Crippen molar-refractivity contribution in [2.24, 2.45) is 0 Å². The molecule has 4 heteroatoms. The van der Waals surface area contributed by atoms with Crippen molar-refractivity contribution in [3.63, 3.8) is 0 Å². The summed E-state index contributed by atoms with van der Waals surface area (Å²) < 4.78 is 5.43. The zero-order valence-electron chi connectivity index (χ0n) is 14.2. The molecule has 1 aliphatic rings. The van der Waals surface area contributed by atoms with Crippen molar-refractivity contribution in [2.45, 2.75) is 25.3 Å². The van der Waals surface area contributed by atoms with Gasteiger partial charge in [0.2, 0.25) is 0 Å². The lowest BCUT2D eigenvalue weighted by molar-refractivity contribution is -0.118. The van der Waals surface area contributed by atoms with Gasteiger partial charge in [-0.3, -0.25) is 4.79 Å². The largest absolute Gasteiger partial charge is 0.449 e. The van der Waals surface area contributed by atoms with Crippen LogP contribution in [0, 0.1) is 0 Å². The Hall–Kier alpha value is -2.88. The van der Waals surface area contributed by atoms with Crippen molar-refractivity contribution in [3.05, 3.63) is 72.3 Å². The molecule has 0 saturated heterocycles. The van der Waals surface area contributed by atoms with Crippen LogP contribution in [0.5, 0.6) is 0 Å². The number of ether oxygens (including phenoxy) is 1. The third kappa shape index (κ3) is 3.48.